The van der Waals surface area contributed by atoms with Crippen molar-refractivity contribution in [2.24, 2.45) is 0 Å². The number of thioether (sulfide) groups is 1. The molecule has 0 aliphatic carbocycles. The van der Waals surface area contributed by atoms with Gasteiger partial charge in [-0.1, -0.05) is 23.2 Å². The van der Waals surface area contributed by atoms with Crippen molar-refractivity contribution in [3.05, 3.63) is 0 Å². The average Bonchev–Trinajstić information content (AvgIpc) is 2.10. The highest BCUT2D eigenvalue weighted by atomic mass is 35.5. The number of amides is 1. The molecule has 0 saturated carbocycles. The molecular weight excluding hydrogens is 249 g/mol. The second-order valence-corrected chi connectivity index (χ2v) is 4.56. The SMILES string of the molecule is CSCCC(NC(=O)C(Cl)Cl)C(=O)O. The summed E-state index contributed by atoms with van der Waals surface area (Å²) in [4.78, 5) is 20.4. The van der Waals surface area contributed by atoms with Crippen molar-refractivity contribution in [1.82, 2.24) is 5.32 Å². The molecule has 2 N–H and O–H groups in total. The van der Waals surface area contributed by atoms with Crippen LogP contribution in [0.15, 0.2) is 0 Å². The summed E-state index contributed by atoms with van der Waals surface area (Å²) in [6.07, 6.45) is 2.20. The van der Waals surface area contributed by atoms with E-state index >= 15 is 0 Å². The Morgan fingerprint density at radius 1 is 1.50 bits per heavy atom. The molecule has 0 fully saturated rings. The molecule has 0 heterocycles. The van der Waals surface area contributed by atoms with Gasteiger partial charge in [-0.3, -0.25) is 4.79 Å². The number of halogens is 2. The zero-order valence-electron chi connectivity index (χ0n) is 7.50. The van der Waals surface area contributed by atoms with Crippen molar-refractivity contribution in [3.63, 3.8) is 0 Å². The van der Waals surface area contributed by atoms with Crippen molar-refractivity contribution in [3.8, 4) is 0 Å². The van der Waals surface area contributed by atoms with E-state index < -0.39 is 22.8 Å². The summed E-state index contributed by atoms with van der Waals surface area (Å²) < 4.78 is 0. The lowest BCUT2D eigenvalue weighted by molar-refractivity contribution is -0.141. The molecule has 0 radical (unpaired) electrons. The van der Waals surface area contributed by atoms with Crippen molar-refractivity contribution >= 4 is 46.8 Å². The molecule has 82 valence electrons. The van der Waals surface area contributed by atoms with Gasteiger partial charge in [0.2, 0.25) is 0 Å². The fraction of sp³-hybridized carbons (Fsp3) is 0.714. The van der Waals surface area contributed by atoms with Crippen molar-refractivity contribution in [2.75, 3.05) is 12.0 Å². The third-order valence-electron chi connectivity index (χ3n) is 1.42. The lowest BCUT2D eigenvalue weighted by Gasteiger charge is -2.13. The van der Waals surface area contributed by atoms with Crippen molar-refractivity contribution < 1.29 is 14.7 Å². The molecule has 0 spiro atoms. The van der Waals surface area contributed by atoms with Crippen LogP contribution in [0.2, 0.25) is 0 Å². The van der Waals surface area contributed by atoms with Crippen LogP contribution in [-0.4, -0.2) is 39.9 Å². The van der Waals surface area contributed by atoms with Gasteiger partial charge in [0, 0.05) is 0 Å². The van der Waals surface area contributed by atoms with Gasteiger partial charge in [-0.05, 0) is 18.4 Å². The maximum Gasteiger partial charge on any atom is 0.326 e. The maximum absolute atomic E-state index is 11.0. The second kappa shape index (κ2) is 7.20. The summed E-state index contributed by atoms with van der Waals surface area (Å²) in [5.41, 5.74) is 0. The number of carbonyl (C=O) groups excluding carboxylic acids is 1. The summed E-state index contributed by atoms with van der Waals surface area (Å²) in [6, 6.07) is -0.921. The second-order valence-electron chi connectivity index (χ2n) is 2.48. The highest BCUT2D eigenvalue weighted by Crippen LogP contribution is 2.05. The zero-order valence-corrected chi connectivity index (χ0v) is 9.83. The van der Waals surface area contributed by atoms with Crippen LogP contribution in [0.4, 0.5) is 0 Å². The Hall–Kier alpha value is -0.130. The van der Waals surface area contributed by atoms with Crippen molar-refractivity contribution in [2.45, 2.75) is 17.3 Å². The van der Waals surface area contributed by atoms with Gasteiger partial charge in [0.05, 0.1) is 0 Å². The number of carboxylic acid groups (broad SMARTS) is 1. The highest BCUT2D eigenvalue weighted by Gasteiger charge is 2.22. The molecule has 0 aromatic carbocycles. The van der Waals surface area contributed by atoms with E-state index in [2.05, 4.69) is 5.32 Å². The summed E-state index contributed by atoms with van der Waals surface area (Å²) >= 11 is 12.0. The number of carboxylic acids is 1. The summed E-state index contributed by atoms with van der Waals surface area (Å²) in [5, 5.41) is 11.0. The van der Waals surface area contributed by atoms with E-state index in [-0.39, 0.29) is 0 Å². The van der Waals surface area contributed by atoms with E-state index in [1.807, 2.05) is 6.26 Å². The Morgan fingerprint density at radius 2 is 2.07 bits per heavy atom. The maximum atomic E-state index is 11.0. The molecule has 1 amide bonds. The number of hydrogen-bond donors (Lipinski definition) is 2. The molecule has 0 aromatic rings. The molecule has 7 heteroatoms. The Balaban J connectivity index is 4.09. The normalized spacial score (nSPS) is 12.6. The quantitative estimate of drug-likeness (QED) is 0.702. The van der Waals surface area contributed by atoms with Crippen LogP contribution in [0.5, 0.6) is 0 Å². The van der Waals surface area contributed by atoms with Gasteiger partial charge < -0.3 is 10.4 Å². The molecule has 0 saturated heterocycles. The van der Waals surface area contributed by atoms with E-state index in [1.54, 1.807) is 0 Å². The molecule has 0 aliphatic heterocycles. The predicted molar refractivity (Wildman–Crippen MR) is 58.1 cm³/mol. The fourth-order valence-corrected chi connectivity index (χ4v) is 1.33. The molecule has 1 unspecified atom stereocenters. The summed E-state index contributed by atoms with van der Waals surface area (Å²) in [7, 11) is 0. The van der Waals surface area contributed by atoms with E-state index in [0.29, 0.717) is 12.2 Å². The smallest absolute Gasteiger partial charge is 0.326 e. The first-order valence-electron chi connectivity index (χ1n) is 3.79. The van der Waals surface area contributed by atoms with E-state index in [1.165, 1.54) is 11.8 Å². The van der Waals surface area contributed by atoms with Crippen LogP contribution in [0, 0.1) is 0 Å². The predicted octanol–water partition coefficient (Wildman–Crippen LogP) is 1.11. The van der Waals surface area contributed by atoms with Crippen LogP contribution >= 0.6 is 35.0 Å². The lowest BCUT2D eigenvalue weighted by atomic mass is 10.2. The largest absolute Gasteiger partial charge is 0.480 e. The number of rotatable bonds is 6. The van der Waals surface area contributed by atoms with E-state index in [0.717, 1.165) is 0 Å². The van der Waals surface area contributed by atoms with Gasteiger partial charge in [-0.2, -0.15) is 11.8 Å². The highest BCUT2D eigenvalue weighted by molar-refractivity contribution is 7.98. The molecule has 14 heavy (non-hydrogen) atoms. The van der Waals surface area contributed by atoms with Gasteiger partial charge in [0.15, 0.2) is 4.84 Å². The van der Waals surface area contributed by atoms with Crippen LogP contribution in [0.1, 0.15) is 6.42 Å². The molecule has 4 nitrogen and oxygen atoms in total. The minimum absolute atomic E-state index is 0.350. The van der Waals surface area contributed by atoms with Gasteiger partial charge in [-0.25, -0.2) is 4.79 Å². The average molecular weight is 260 g/mol. The monoisotopic (exact) mass is 259 g/mol. The number of alkyl halides is 2. The Kier molecular flexibility index (Phi) is 7.13. The minimum atomic E-state index is -1.23. The standard InChI is InChI=1S/C7H11Cl2NO3S/c1-14-3-2-4(7(12)13)10-6(11)5(8)9/h4-5H,2-3H2,1H3,(H,10,11)(H,12,13). The molecule has 0 aromatic heterocycles. The molecule has 0 rings (SSSR count). The van der Waals surface area contributed by atoms with E-state index in [9.17, 15) is 9.59 Å². The van der Waals surface area contributed by atoms with Gasteiger partial charge in [0.1, 0.15) is 6.04 Å². The zero-order chi connectivity index (χ0) is 11.1. The third kappa shape index (κ3) is 5.57. The van der Waals surface area contributed by atoms with E-state index in [4.69, 9.17) is 28.3 Å². The number of carbonyl (C=O) groups is 2. The Labute approximate surface area is 96.3 Å². The minimum Gasteiger partial charge on any atom is -0.480 e. The lowest BCUT2D eigenvalue weighted by Crippen LogP contribution is -2.43. The van der Waals surface area contributed by atoms with Crippen LogP contribution in [0.3, 0.4) is 0 Å². The van der Waals surface area contributed by atoms with Gasteiger partial charge >= 0.3 is 5.97 Å². The first-order chi connectivity index (χ1) is 6.49. The number of aliphatic carboxylic acids is 1. The Bertz CT molecular complexity index is 213. The van der Waals surface area contributed by atoms with Crippen LogP contribution in [0.25, 0.3) is 0 Å². The van der Waals surface area contributed by atoms with Gasteiger partial charge in [-0.15, -0.1) is 0 Å². The summed E-state index contributed by atoms with van der Waals surface area (Å²) in [5.74, 6) is -1.12. The topological polar surface area (TPSA) is 66.4 Å². The van der Waals surface area contributed by atoms with Crippen molar-refractivity contribution in [1.29, 1.82) is 0 Å². The third-order valence-corrected chi connectivity index (χ3v) is 2.46. The summed E-state index contributed by atoms with van der Waals surface area (Å²) in [6.45, 7) is 0. The first kappa shape index (κ1) is 13.9. The molecule has 1 atom stereocenters. The first-order valence-corrected chi connectivity index (χ1v) is 6.06. The van der Waals surface area contributed by atoms with Crippen LogP contribution < -0.4 is 5.32 Å². The Morgan fingerprint density at radius 3 is 2.43 bits per heavy atom. The van der Waals surface area contributed by atoms with Gasteiger partial charge in [0.25, 0.3) is 5.91 Å². The number of nitrogens with one attached hydrogen (secondary N) is 1. The molecule has 0 aliphatic rings. The van der Waals surface area contributed by atoms with Crippen LogP contribution in [-0.2, 0) is 9.59 Å². The fourth-order valence-electron chi connectivity index (χ4n) is 0.728. The number of hydrogen-bond acceptors (Lipinski definition) is 3. The molecular formula is C7H11Cl2NO3S. The molecule has 0 bridgehead atoms.